The minimum Gasteiger partial charge on any atom is -0.458 e. The van der Waals surface area contributed by atoms with Crippen molar-refractivity contribution < 1.29 is 41.7 Å². The highest BCUT2D eigenvalue weighted by atomic mass is 32.2. The summed E-state index contributed by atoms with van der Waals surface area (Å²) >= 11 is 0. The van der Waals surface area contributed by atoms with E-state index in [0.717, 1.165) is 0 Å². The maximum Gasteiger partial charge on any atom is 0.338 e. The van der Waals surface area contributed by atoms with Gasteiger partial charge in [0.25, 0.3) is 0 Å². The number of methoxy groups -OCH3 is 1. The molecule has 1 fully saturated rings. The average molecular weight is 647 g/mol. The Balaban J connectivity index is 1.61. The summed E-state index contributed by atoms with van der Waals surface area (Å²) in [5, 5.41) is 0. The number of esters is 2. The molecule has 0 aromatic heterocycles. The van der Waals surface area contributed by atoms with Crippen LogP contribution in [0.25, 0.3) is 0 Å². The molecule has 1 heterocycles. The number of sulfone groups is 1. The minimum absolute atomic E-state index is 0.00679. The third kappa shape index (κ3) is 8.87. The fourth-order valence-electron chi connectivity index (χ4n) is 5.36. The zero-order valence-corrected chi connectivity index (χ0v) is 26.7. The molecule has 3 aromatic rings. The second kappa shape index (κ2) is 15.8. The van der Waals surface area contributed by atoms with Crippen molar-refractivity contribution in [2.75, 3.05) is 19.5 Å². The first-order valence-electron chi connectivity index (χ1n) is 14.8. The lowest BCUT2D eigenvalue weighted by molar-refractivity contribution is -0.118. The van der Waals surface area contributed by atoms with E-state index in [0.29, 0.717) is 16.7 Å². The largest absolute Gasteiger partial charge is 0.458 e. The SMILES string of the molecule is C=C(C)C(=C)C(=O)C[C@@H]1OC(C[C@@H](COC(=O)c2ccccc2)OC(=O)c2ccccc2)[C@H](OC)C1CS(=O)(=O)c1ccccc1. The summed E-state index contributed by atoms with van der Waals surface area (Å²) in [4.78, 5) is 39.1. The standard InChI is InChI=1S/C36H38O9S/c1-24(2)25(3)31(37)21-32-30(23-46(40,41)29-18-12-7-13-19-29)34(42-4)33(45-32)20-28(44-36(39)27-16-10-6-11-17-27)22-43-35(38)26-14-8-5-9-15-26/h5-19,28,30,32-34H,1,3,20-23H2,2,4H3/t28-,30?,32-,33?,34+/m0/s1. The number of benzene rings is 3. The van der Waals surface area contributed by atoms with E-state index in [-0.39, 0.29) is 41.5 Å². The second-order valence-electron chi connectivity index (χ2n) is 11.2. The third-order valence-corrected chi connectivity index (χ3v) is 9.64. The first-order chi connectivity index (χ1) is 22.0. The summed E-state index contributed by atoms with van der Waals surface area (Å²) in [5.41, 5.74) is 1.33. The molecule has 2 unspecified atom stereocenters. The molecule has 0 spiro atoms. The monoisotopic (exact) mass is 646 g/mol. The number of hydrogen-bond donors (Lipinski definition) is 0. The van der Waals surface area contributed by atoms with Gasteiger partial charge in [-0.3, -0.25) is 4.79 Å². The normalized spacial score (nSPS) is 20.0. The maximum atomic E-state index is 13.5. The van der Waals surface area contributed by atoms with Crippen molar-refractivity contribution in [2.45, 2.75) is 49.1 Å². The van der Waals surface area contributed by atoms with E-state index in [9.17, 15) is 22.8 Å². The van der Waals surface area contributed by atoms with Crippen LogP contribution in [0, 0.1) is 5.92 Å². The number of carbonyl (C=O) groups excluding carboxylic acids is 3. The molecular formula is C36H38O9S. The van der Waals surface area contributed by atoms with Gasteiger partial charge in [0.05, 0.1) is 40.1 Å². The van der Waals surface area contributed by atoms with Gasteiger partial charge in [-0.1, -0.05) is 67.8 Å². The Bertz CT molecular complexity index is 1640. The lowest BCUT2D eigenvalue weighted by Crippen LogP contribution is -2.38. The molecule has 1 aliphatic heterocycles. The highest BCUT2D eigenvalue weighted by molar-refractivity contribution is 7.91. The summed E-state index contributed by atoms with van der Waals surface area (Å²) < 4.78 is 50.6. The molecule has 5 atom stereocenters. The molecule has 0 amide bonds. The first kappa shape index (κ1) is 34.5. The van der Waals surface area contributed by atoms with Crippen molar-refractivity contribution in [3.05, 3.63) is 126 Å². The van der Waals surface area contributed by atoms with Crippen molar-refractivity contribution in [3.8, 4) is 0 Å². The molecule has 0 N–H and O–H groups in total. The van der Waals surface area contributed by atoms with Gasteiger partial charge in [-0.2, -0.15) is 0 Å². The summed E-state index contributed by atoms with van der Waals surface area (Å²) in [6, 6.07) is 24.7. The number of carbonyl (C=O) groups is 3. The van der Waals surface area contributed by atoms with Crippen LogP contribution in [-0.4, -0.2) is 70.0 Å². The zero-order valence-electron chi connectivity index (χ0n) is 25.9. The molecule has 10 heteroatoms. The van der Waals surface area contributed by atoms with Gasteiger partial charge in [0.1, 0.15) is 12.7 Å². The van der Waals surface area contributed by atoms with E-state index in [4.69, 9.17) is 18.9 Å². The van der Waals surface area contributed by atoms with Gasteiger partial charge in [0, 0.05) is 31.4 Å². The van der Waals surface area contributed by atoms with Crippen LogP contribution in [0.15, 0.2) is 120 Å². The first-order valence-corrected chi connectivity index (χ1v) is 16.5. The summed E-state index contributed by atoms with van der Waals surface area (Å²) in [5.74, 6) is -2.70. The molecule has 0 radical (unpaired) electrons. The molecule has 242 valence electrons. The smallest absolute Gasteiger partial charge is 0.338 e. The summed E-state index contributed by atoms with van der Waals surface area (Å²) in [6.45, 7) is 8.97. The Kier molecular flexibility index (Phi) is 11.8. The van der Waals surface area contributed by atoms with Crippen LogP contribution < -0.4 is 0 Å². The van der Waals surface area contributed by atoms with Gasteiger partial charge >= 0.3 is 11.9 Å². The highest BCUT2D eigenvalue weighted by Crippen LogP contribution is 2.37. The highest BCUT2D eigenvalue weighted by Gasteiger charge is 2.48. The topological polar surface area (TPSA) is 122 Å². The van der Waals surface area contributed by atoms with Crippen LogP contribution in [0.1, 0.15) is 40.5 Å². The third-order valence-electron chi connectivity index (χ3n) is 7.83. The van der Waals surface area contributed by atoms with Crippen LogP contribution in [0.5, 0.6) is 0 Å². The number of ketones is 1. The van der Waals surface area contributed by atoms with Gasteiger partial charge in [-0.05, 0) is 48.9 Å². The van der Waals surface area contributed by atoms with Gasteiger partial charge in [-0.15, -0.1) is 0 Å². The molecule has 0 aliphatic carbocycles. The van der Waals surface area contributed by atoms with E-state index in [1.165, 1.54) is 19.2 Å². The van der Waals surface area contributed by atoms with Crippen LogP contribution in [0.2, 0.25) is 0 Å². The van der Waals surface area contributed by atoms with E-state index in [1.807, 2.05) is 0 Å². The Labute approximate surface area is 269 Å². The molecule has 0 bridgehead atoms. The second-order valence-corrected chi connectivity index (χ2v) is 13.2. The molecule has 9 nitrogen and oxygen atoms in total. The number of Topliss-reactive ketones (excluding diaryl/α,β-unsaturated/α-hetero) is 1. The lowest BCUT2D eigenvalue weighted by Gasteiger charge is -2.25. The van der Waals surface area contributed by atoms with Gasteiger partial charge in [0.15, 0.2) is 15.6 Å². The fourth-order valence-corrected chi connectivity index (χ4v) is 7.03. The maximum absolute atomic E-state index is 13.5. The van der Waals surface area contributed by atoms with Crippen molar-refractivity contribution in [1.29, 1.82) is 0 Å². The van der Waals surface area contributed by atoms with Gasteiger partial charge in [0.2, 0.25) is 0 Å². The van der Waals surface area contributed by atoms with E-state index >= 15 is 0 Å². The minimum atomic E-state index is -3.82. The van der Waals surface area contributed by atoms with Crippen LogP contribution >= 0.6 is 0 Å². The van der Waals surface area contributed by atoms with Gasteiger partial charge in [-0.25, -0.2) is 18.0 Å². The van der Waals surface area contributed by atoms with Crippen molar-refractivity contribution in [1.82, 2.24) is 0 Å². The number of allylic oxidation sites excluding steroid dienone is 2. The average Bonchev–Trinajstić information content (AvgIpc) is 3.37. The number of hydrogen-bond acceptors (Lipinski definition) is 9. The molecule has 1 aliphatic rings. The Hall–Kier alpha value is -4.38. The zero-order chi connectivity index (χ0) is 33.3. The van der Waals surface area contributed by atoms with Crippen molar-refractivity contribution in [3.63, 3.8) is 0 Å². The van der Waals surface area contributed by atoms with E-state index in [2.05, 4.69) is 13.2 Å². The van der Waals surface area contributed by atoms with Crippen LogP contribution in [-0.2, 0) is 33.6 Å². The molecule has 1 saturated heterocycles. The van der Waals surface area contributed by atoms with Crippen molar-refractivity contribution >= 4 is 27.6 Å². The molecule has 46 heavy (non-hydrogen) atoms. The Morgan fingerprint density at radius 1 is 0.826 bits per heavy atom. The molecule has 0 saturated carbocycles. The number of rotatable bonds is 15. The predicted octanol–water partition coefficient (Wildman–Crippen LogP) is 5.42. The predicted molar refractivity (Wildman–Crippen MR) is 172 cm³/mol. The van der Waals surface area contributed by atoms with E-state index in [1.54, 1.807) is 85.8 Å². The van der Waals surface area contributed by atoms with Crippen LogP contribution in [0.3, 0.4) is 0 Å². The van der Waals surface area contributed by atoms with E-state index < -0.39 is 52.1 Å². The summed E-state index contributed by atoms with van der Waals surface area (Å²) in [7, 11) is -2.39. The quantitative estimate of drug-likeness (QED) is 0.121. The number of ether oxygens (including phenoxy) is 4. The molecule has 3 aromatic carbocycles. The Morgan fingerprint density at radius 2 is 1.37 bits per heavy atom. The molecular weight excluding hydrogens is 608 g/mol. The van der Waals surface area contributed by atoms with Gasteiger partial charge < -0.3 is 18.9 Å². The summed E-state index contributed by atoms with van der Waals surface area (Å²) in [6.07, 6.45) is -3.65. The fraction of sp³-hybridized carbons (Fsp3) is 0.306. The Morgan fingerprint density at radius 3 is 1.91 bits per heavy atom. The molecule has 4 rings (SSSR count). The van der Waals surface area contributed by atoms with Crippen LogP contribution in [0.4, 0.5) is 0 Å². The van der Waals surface area contributed by atoms with Crippen molar-refractivity contribution in [2.24, 2.45) is 5.92 Å². The lowest BCUT2D eigenvalue weighted by atomic mass is 9.91.